The van der Waals surface area contributed by atoms with Gasteiger partial charge >= 0.3 is 6.18 Å². The lowest BCUT2D eigenvalue weighted by atomic mass is 9.98. The van der Waals surface area contributed by atoms with Crippen LogP contribution >= 0.6 is 11.6 Å². The number of nitrogens with zero attached hydrogens (tertiary/aromatic N) is 2. The van der Waals surface area contributed by atoms with Crippen LogP contribution in [0.2, 0.25) is 5.15 Å². The first-order valence-electron chi connectivity index (χ1n) is 7.98. The van der Waals surface area contributed by atoms with E-state index in [1.54, 1.807) is 6.92 Å². The van der Waals surface area contributed by atoms with E-state index in [-0.39, 0.29) is 18.3 Å². The third kappa shape index (κ3) is 4.45. The molecule has 1 aromatic heterocycles. The molecule has 2 amide bonds. The molecule has 2 atom stereocenters. The minimum Gasteiger partial charge on any atom is -0.380 e. The molecule has 0 spiro atoms. The quantitative estimate of drug-likeness (QED) is 0.592. The van der Waals surface area contributed by atoms with E-state index in [9.17, 15) is 22.8 Å². The van der Waals surface area contributed by atoms with Crippen LogP contribution in [0, 0.1) is 17.8 Å². The molecule has 0 aliphatic carbocycles. The maximum atomic E-state index is 12.7. The van der Waals surface area contributed by atoms with Crippen molar-refractivity contribution in [3.63, 3.8) is 0 Å². The highest BCUT2D eigenvalue weighted by atomic mass is 35.5. The van der Waals surface area contributed by atoms with Gasteiger partial charge in [0.2, 0.25) is 0 Å². The molecule has 0 bridgehead atoms. The van der Waals surface area contributed by atoms with E-state index in [2.05, 4.69) is 10.4 Å². The number of ether oxygens (including phenoxy) is 1. The van der Waals surface area contributed by atoms with Crippen LogP contribution in [0.3, 0.4) is 0 Å². The van der Waals surface area contributed by atoms with Crippen LogP contribution < -0.4 is 5.43 Å². The summed E-state index contributed by atoms with van der Waals surface area (Å²) in [6.07, 6.45) is -4.64. The summed E-state index contributed by atoms with van der Waals surface area (Å²) in [6, 6.07) is 1.73. The van der Waals surface area contributed by atoms with E-state index < -0.39 is 40.5 Å². The highest BCUT2D eigenvalue weighted by Gasteiger charge is 2.46. The summed E-state index contributed by atoms with van der Waals surface area (Å²) in [5.41, 5.74) is 1.34. The third-order valence-electron chi connectivity index (χ3n) is 3.88. The zero-order valence-corrected chi connectivity index (χ0v) is 15.2. The van der Waals surface area contributed by atoms with Crippen LogP contribution in [0.1, 0.15) is 26.3 Å². The summed E-state index contributed by atoms with van der Waals surface area (Å²) in [5.74, 6) is -2.17. The van der Waals surface area contributed by atoms with Gasteiger partial charge in [0.1, 0.15) is 11.0 Å². The Kier molecular flexibility index (Phi) is 6.13. The average Bonchev–Trinajstić information content (AvgIpc) is 2.71. The van der Waals surface area contributed by atoms with E-state index in [0.717, 1.165) is 17.1 Å². The van der Waals surface area contributed by atoms with Gasteiger partial charge in [-0.3, -0.25) is 15.0 Å². The van der Waals surface area contributed by atoms with Gasteiger partial charge in [-0.2, -0.15) is 18.2 Å². The number of carbonyl (C=O) groups excluding carboxylic acids is 2. The predicted molar refractivity (Wildman–Crippen MR) is 88.0 cm³/mol. The lowest BCUT2D eigenvalue weighted by molar-refractivity contribution is -0.139. The molecule has 1 aromatic rings. The normalized spacial score (nSPS) is 21.0. The number of carbonyl (C=O) groups is 2. The Bertz CT molecular complexity index is 697. The molecule has 1 aliphatic rings. The van der Waals surface area contributed by atoms with E-state index >= 15 is 0 Å². The number of imide groups is 1. The van der Waals surface area contributed by atoms with E-state index in [0.29, 0.717) is 6.61 Å². The number of alkyl halides is 3. The fourth-order valence-electron chi connectivity index (χ4n) is 2.44. The second kappa shape index (κ2) is 7.79. The number of halogens is 4. The van der Waals surface area contributed by atoms with Crippen molar-refractivity contribution in [1.82, 2.24) is 9.99 Å². The van der Waals surface area contributed by atoms with Gasteiger partial charge in [-0.15, -0.1) is 0 Å². The van der Waals surface area contributed by atoms with Crippen molar-refractivity contribution in [2.24, 2.45) is 17.8 Å². The standard InChI is InChI=1S/C16H19ClF3N3O3/c1-8(2)6-26-7-10-9(3)14(24)23(15(10)25)22-12-5-4-11(13(17)21-12)16(18,19)20/h4-5,8-10H,6-7H2,1-3H3,(H,21,22). The molecule has 6 nitrogen and oxygen atoms in total. The zero-order valence-electron chi connectivity index (χ0n) is 14.4. The fraction of sp³-hybridized carbons (Fsp3) is 0.562. The molecular weight excluding hydrogens is 375 g/mol. The minimum absolute atomic E-state index is 0.0866. The summed E-state index contributed by atoms with van der Waals surface area (Å²) in [7, 11) is 0. The summed E-state index contributed by atoms with van der Waals surface area (Å²) < 4.78 is 43.6. The van der Waals surface area contributed by atoms with Gasteiger partial charge in [0.25, 0.3) is 11.8 Å². The highest BCUT2D eigenvalue weighted by molar-refractivity contribution is 6.30. The number of nitrogens with one attached hydrogen (secondary N) is 1. The predicted octanol–water partition coefficient (Wildman–Crippen LogP) is 3.37. The van der Waals surface area contributed by atoms with Gasteiger partial charge in [-0.25, -0.2) is 4.98 Å². The van der Waals surface area contributed by atoms with Crippen LogP contribution in [0.25, 0.3) is 0 Å². The van der Waals surface area contributed by atoms with Crippen LogP contribution in [0.15, 0.2) is 12.1 Å². The van der Waals surface area contributed by atoms with Gasteiger partial charge < -0.3 is 4.74 Å². The Hall–Kier alpha value is -1.87. The molecule has 26 heavy (non-hydrogen) atoms. The zero-order chi connectivity index (χ0) is 19.6. The van der Waals surface area contributed by atoms with Gasteiger partial charge in [-0.1, -0.05) is 32.4 Å². The topological polar surface area (TPSA) is 71.5 Å². The first-order chi connectivity index (χ1) is 12.0. The molecule has 2 unspecified atom stereocenters. The molecule has 0 radical (unpaired) electrons. The second-order valence-electron chi connectivity index (χ2n) is 6.48. The van der Waals surface area contributed by atoms with Crippen LogP contribution in [0.4, 0.5) is 19.0 Å². The van der Waals surface area contributed by atoms with Gasteiger partial charge in [-0.05, 0) is 18.1 Å². The van der Waals surface area contributed by atoms with Gasteiger partial charge in [0.05, 0.1) is 24.0 Å². The molecule has 2 heterocycles. The van der Waals surface area contributed by atoms with Crippen LogP contribution in [-0.2, 0) is 20.5 Å². The molecule has 1 saturated heterocycles. The first kappa shape index (κ1) is 20.4. The number of pyridine rings is 1. The number of amides is 2. The molecule has 2 rings (SSSR count). The first-order valence-corrected chi connectivity index (χ1v) is 8.36. The Morgan fingerprint density at radius 2 is 1.96 bits per heavy atom. The number of hydrogen-bond acceptors (Lipinski definition) is 5. The number of hydrazine groups is 1. The molecule has 144 valence electrons. The van der Waals surface area contributed by atoms with Crippen molar-refractivity contribution in [1.29, 1.82) is 0 Å². The Morgan fingerprint density at radius 3 is 2.50 bits per heavy atom. The molecule has 1 aliphatic heterocycles. The smallest absolute Gasteiger partial charge is 0.380 e. The molecule has 0 saturated carbocycles. The van der Waals surface area contributed by atoms with Gasteiger partial charge in [0, 0.05) is 6.61 Å². The number of rotatable bonds is 6. The number of anilines is 1. The molecule has 10 heteroatoms. The van der Waals surface area contributed by atoms with E-state index in [4.69, 9.17) is 16.3 Å². The maximum absolute atomic E-state index is 12.7. The second-order valence-corrected chi connectivity index (χ2v) is 6.84. The van der Waals surface area contributed by atoms with Crippen LogP contribution in [-0.4, -0.2) is 35.0 Å². The SMILES string of the molecule is CC(C)COCC1C(=O)N(Nc2ccc(C(F)(F)F)c(Cl)n2)C(=O)C1C. The summed E-state index contributed by atoms with van der Waals surface area (Å²) in [6.45, 7) is 6.05. The van der Waals surface area contributed by atoms with Crippen LogP contribution in [0.5, 0.6) is 0 Å². The maximum Gasteiger partial charge on any atom is 0.419 e. The minimum atomic E-state index is -4.64. The largest absolute Gasteiger partial charge is 0.419 e. The van der Waals surface area contributed by atoms with E-state index in [1.165, 1.54) is 0 Å². The molecule has 1 fully saturated rings. The van der Waals surface area contributed by atoms with Crippen molar-refractivity contribution in [2.75, 3.05) is 18.6 Å². The fourth-order valence-corrected chi connectivity index (χ4v) is 2.70. The molecule has 0 aromatic carbocycles. The average molecular weight is 394 g/mol. The van der Waals surface area contributed by atoms with Crippen molar-refractivity contribution < 1.29 is 27.5 Å². The monoisotopic (exact) mass is 393 g/mol. The number of hydrogen-bond donors (Lipinski definition) is 1. The Morgan fingerprint density at radius 1 is 1.31 bits per heavy atom. The van der Waals surface area contributed by atoms with Crippen molar-refractivity contribution in [2.45, 2.75) is 26.9 Å². The summed E-state index contributed by atoms with van der Waals surface area (Å²) in [4.78, 5) is 28.3. The van der Waals surface area contributed by atoms with Gasteiger partial charge in [0.15, 0.2) is 0 Å². The third-order valence-corrected chi connectivity index (χ3v) is 4.17. The lowest BCUT2D eigenvalue weighted by Gasteiger charge is -2.17. The summed E-state index contributed by atoms with van der Waals surface area (Å²) in [5, 5.41) is -0.0218. The van der Waals surface area contributed by atoms with Crippen molar-refractivity contribution in [3.05, 3.63) is 22.8 Å². The molecular formula is C16H19ClF3N3O3. The van der Waals surface area contributed by atoms with Crippen molar-refractivity contribution >= 4 is 29.2 Å². The Labute approximate surface area is 153 Å². The van der Waals surface area contributed by atoms with E-state index in [1.807, 2.05) is 13.8 Å². The molecule has 1 N–H and O–H groups in total. The highest BCUT2D eigenvalue weighted by Crippen LogP contribution is 2.34. The Balaban J connectivity index is 2.10. The van der Waals surface area contributed by atoms with Crippen molar-refractivity contribution in [3.8, 4) is 0 Å². The summed E-state index contributed by atoms with van der Waals surface area (Å²) >= 11 is 5.55. The lowest BCUT2D eigenvalue weighted by Crippen LogP contribution is -2.37. The number of aromatic nitrogens is 1.